The monoisotopic (exact) mass is 775 g/mol. The predicted octanol–water partition coefficient (Wildman–Crippen LogP) is 5.48. The number of nitrogens with zero attached hydrogens (tertiary/aromatic N) is 3. The van der Waals surface area contributed by atoms with Crippen molar-refractivity contribution in [3.63, 3.8) is 0 Å². The van der Waals surface area contributed by atoms with Crippen LogP contribution in [0.15, 0.2) is 66.7 Å². The number of ether oxygens (including phenoxy) is 1. The predicted molar refractivity (Wildman–Crippen MR) is 183 cm³/mol. The highest BCUT2D eigenvalue weighted by Gasteiger charge is 2.45. The molecule has 19 heteroatoms. The molecule has 0 bridgehead atoms. The molecule has 1 atom stereocenters. The zero-order valence-corrected chi connectivity index (χ0v) is 28.7. The van der Waals surface area contributed by atoms with E-state index in [-0.39, 0.29) is 48.8 Å². The van der Waals surface area contributed by atoms with Crippen molar-refractivity contribution in [2.45, 2.75) is 49.9 Å². The molecule has 1 aromatic heterocycles. The number of aryl methyl sites for hydroxylation is 1. The highest BCUT2D eigenvalue weighted by molar-refractivity contribution is 6.36. The minimum Gasteiger partial charge on any atom is -0.480 e. The number of nitrogens with one attached hydrogen (secondary N) is 4. The maximum absolute atomic E-state index is 13.4. The van der Waals surface area contributed by atoms with Crippen LogP contribution < -0.4 is 26.0 Å². The number of anilines is 3. The van der Waals surface area contributed by atoms with Gasteiger partial charge >= 0.3 is 18.2 Å². The van der Waals surface area contributed by atoms with E-state index in [1.807, 2.05) is 12.1 Å². The molecule has 0 spiro atoms. The molecule has 54 heavy (non-hydrogen) atoms. The largest absolute Gasteiger partial charge is 0.480 e. The van der Waals surface area contributed by atoms with Gasteiger partial charge in [0.25, 0.3) is 11.8 Å². The van der Waals surface area contributed by atoms with Crippen LogP contribution >= 0.6 is 11.6 Å². The van der Waals surface area contributed by atoms with E-state index in [2.05, 4.69) is 36.2 Å². The Morgan fingerprint density at radius 1 is 0.907 bits per heavy atom. The lowest BCUT2D eigenvalue weighted by molar-refractivity contribution is -0.154. The summed E-state index contributed by atoms with van der Waals surface area (Å²) in [5, 5.41) is 20.7. The van der Waals surface area contributed by atoms with Gasteiger partial charge in [0.05, 0.1) is 5.54 Å². The minimum absolute atomic E-state index is 0.0330. The van der Waals surface area contributed by atoms with Crippen molar-refractivity contribution in [2.75, 3.05) is 23.8 Å². The maximum Gasteiger partial charge on any atom is 0.422 e. The zero-order valence-electron chi connectivity index (χ0n) is 28.0. The smallest absolute Gasteiger partial charge is 0.422 e. The number of carboxylic acid groups (broad SMARTS) is 1. The summed E-state index contributed by atoms with van der Waals surface area (Å²) in [4.78, 5) is 61.3. The van der Waals surface area contributed by atoms with Crippen LogP contribution in [-0.4, -0.2) is 69.0 Å². The van der Waals surface area contributed by atoms with Gasteiger partial charge < -0.3 is 31.1 Å². The fraction of sp³-hybridized carbons (Fsp3) is 0.286. The molecule has 3 aromatic carbocycles. The van der Waals surface area contributed by atoms with E-state index < -0.39 is 65.6 Å². The third-order valence-corrected chi connectivity index (χ3v) is 8.27. The third-order valence-electron chi connectivity index (χ3n) is 8.02. The molecule has 1 fully saturated rings. The number of aliphatic carboxylic acids is 1. The number of hydrogen-bond donors (Lipinski definition) is 5. The standard InChI is InChI=1S/C35H31ClF5N7O6/c36-22-6-4-21(5-7-22)34(12-13-34)48-32-45-31(46-33(47-32)54-18-35(39,40)41)43-25-8-2-20(3-9-25)28(50)44-26(30(52)53)11-14-42-29(51)27(49)10-1-19-15-23(37)17-24(38)16-19/h2-9,15-17,26H,1,10-14,18H2,(H,42,51)(H,44,50)(H,52,53)(H2,43,45,46,47,48)/t26-/m0/s1. The second kappa shape index (κ2) is 16.8. The summed E-state index contributed by atoms with van der Waals surface area (Å²) in [6.07, 6.45) is -4.02. The Labute approximate surface area is 308 Å². The SMILES string of the molecule is O=C(CCc1cc(F)cc(F)c1)C(=O)NCC[C@H](NC(=O)c1ccc(Nc2nc(NC3(c4ccc(Cl)cc4)CC3)nc(OCC(F)(F)F)n2)cc1)C(=O)O. The normalized spacial score (nSPS) is 13.7. The molecular weight excluding hydrogens is 745 g/mol. The maximum atomic E-state index is 13.4. The molecule has 1 heterocycles. The summed E-state index contributed by atoms with van der Waals surface area (Å²) >= 11 is 6.01. The van der Waals surface area contributed by atoms with Gasteiger partial charge in [0.2, 0.25) is 17.7 Å². The molecule has 13 nitrogen and oxygen atoms in total. The number of carboxylic acids is 1. The Morgan fingerprint density at radius 2 is 1.56 bits per heavy atom. The van der Waals surface area contributed by atoms with Gasteiger partial charge in [-0.3, -0.25) is 14.4 Å². The molecule has 5 N–H and O–H groups in total. The van der Waals surface area contributed by atoms with Crippen LogP contribution in [0.2, 0.25) is 5.02 Å². The van der Waals surface area contributed by atoms with Crippen molar-refractivity contribution >= 4 is 52.8 Å². The van der Waals surface area contributed by atoms with Gasteiger partial charge in [-0.2, -0.15) is 28.1 Å². The van der Waals surface area contributed by atoms with Crippen LogP contribution in [0.1, 0.15) is 47.2 Å². The number of rotatable bonds is 17. The van der Waals surface area contributed by atoms with E-state index in [1.54, 1.807) is 12.1 Å². The van der Waals surface area contributed by atoms with E-state index in [0.717, 1.165) is 17.7 Å². The Balaban J connectivity index is 1.17. The summed E-state index contributed by atoms with van der Waals surface area (Å²) < 4.78 is 70.3. The fourth-order valence-electron chi connectivity index (χ4n) is 5.16. The van der Waals surface area contributed by atoms with Gasteiger partial charge in [-0.25, -0.2) is 13.6 Å². The number of amides is 2. The topological polar surface area (TPSA) is 185 Å². The number of carbonyl (C=O) groups excluding carboxylic acids is 3. The first-order valence-corrected chi connectivity index (χ1v) is 16.6. The van der Waals surface area contributed by atoms with Gasteiger partial charge in [0.1, 0.15) is 17.7 Å². The van der Waals surface area contributed by atoms with Crippen molar-refractivity contribution in [1.82, 2.24) is 25.6 Å². The van der Waals surface area contributed by atoms with Crippen molar-refractivity contribution < 1.29 is 51.0 Å². The first-order valence-electron chi connectivity index (χ1n) is 16.2. The number of carbonyl (C=O) groups is 4. The zero-order chi connectivity index (χ0) is 39.0. The highest BCUT2D eigenvalue weighted by Crippen LogP contribution is 2.48. The minimum atomic E-state index is -4.66. The average Bonchev–Trinajstić information content (AvgIpc) is 3.89. The lowest BCUT2D eigenvalue weighted by Gasteiger charge is -2.19. The van der Waals surface area contributed by atoms with Crippen LogP contribution in [0, 0.1) is 11.6 Å². The molecule has 4 aromatic rings. The Morgan fingerprint density at radius 3 is 2.17 bits per heavy atom. The molecule has 1 saturated carbocycles. The fourth-order valence-corrected chi connectivity index (χ4v) is 5.29. The first kappa shape index (κ1) is 39.3. The number of benzene rings is 3. The second-order valence-electron chi connectivity index (χ2n) is 12.2. The van der Waals surface area contributed by atoms with Gasteiger partial charge in [0, 0.05) is 35.3 Å². The van der Waals surface area contributed by atoms with Crippen molar-refractivity contribution in [2.24, 2.45) is 0 Å². The molecule has 0 saturated heterocycles. The van der Waals surface area contributed by atoms with Gasteiger partial charge in [0.15, 0.2) is 6.61 Å². The Kier molecular flexibility index (Phi) is 12.3. The van der Waals surface area contributed by atoms with Crippen molar-refractivity contribution in [3.05, 3.63) is 100 Å². The number of halogens is 6. The average molecular weight is 776 g/mol. The molecule has 0 unspecified atom stereocenters. The van der Waals surface area contributed by atoms with Gasteiger partial charge in [-0.1, -0.05) is 23.7 Å². The van der Waals surface area contributed by atoms with E-state index in [1.165, 1.54) is 24.3 Å². The second-order valence-corrected chi connectivity index (χ2v) is 12.6. The number of ketones is 1. The van der Waals surface area contributed by atoms with Crippen molar-refractivity contribution in [1.29, 1.82) is 0 Å². The molecule has 284 valence electrons. The van der Waals surface area contributed by atoms with Crippen LogP contribution in [0.5, 0.6) is 6.01 Å². The third kappa shape index (κ3) is 11.3. The molecule has 5 rings (SSSR count). The number of alkyl halides is 3. The number of aromatic nitrogens is 3. The van der Waals surface area contributed by atoms with Crippen LogP contribution in [0.25, 0.3) is 0 Å². The highest BCUT2D eigenvalue weighted by atomic mass is 35.5. The molecule has 2 amide bonds. The summed E-state index contributed by atoms with van der Waals surface area (Å²) in [5.41, 5.74) is 0.802. The van der Waals surface area contributed by atoms with Gasteiger partial charge in [-0.05, 0) is 85.3 Å². The summed E-state index contributed by atoms with van der Waals surface area (Å²) in [6, 6.07) is 13.2. The molecular formula is C35H31ClF5N7O6. The molecule has 1 aliphatic rings. The van der Waals surface area contributed by atoms with Crippen molar-refractivity contribution in [3.8, 4) is 6.01 Å². The Hall–Kier alpha value is -5.91. The summed E-state index contributed by atoms with van der Waals surface area (Å²) in [6.45, 7) is -1.94. The van der Waals surface area contributed by atoms with E-state index in [9.17, 15) is 46.2 Å². The Bertz CT molecular complexity index is 2000. The molecule has 0 aliphatic heterocycles. The van der Waals surface area contributed by atoms with Crippen LogP contribution in [0.4, 0.5) is 39.5 Å². The summed E-state index contributed by atoms with van der Waals surface area (Å²) in [5.74, 6) is -6.01. The number of hydrogen-bond acceptors (Lipinski definition) is 10. The summed E-state index contributed by atoms with van der Waals surface area (Å²) in [7, 11) is 0. The number of Topliss-reactive ketones (excluding diaryl/α,β-unsaturated/α-hetero) is 1. The molecule has 1 aliphatic carbocycles. The van der Waals surface area contributed by atoms with E-state index in [0.29, 0.717) is 29.6 Å². The molecule has 0 radical (unpaired) electrons. The quantitative estimate of drug-likeness (QED) is 0.0676. The van der Waals surface area contributed by atoms with Gasteiger partial charge in [-0.15, -0.1) is 0 Å². The lowest BCUT2D eigenvalue weighted by Crippen LogP contribution is -2.43. The first-order chi connectivity index (χ1) is 25.6. The van der Waals surface area contributed by atoms with E-state index in [4.69, 9.17) is 16.3 Å². The van der Waals surface area contributed by atoms with E-state index >= 15 is 0 Å². The van der Waals surface area contributed by atoms with Crippen LogP contribution in [0.3, 0.4) is 0 Å². The lowest BCUT2D eigenvalue weighted by atomic mass is 10.1. The van der Waals surface area contributed by atoms with Crippen LogP contribution in [-0.2, 0) is 26.3 Å².